The summed E-state index contributed by atoms with van der Waals surface area (Å²) in [4.78, 5) is 29.6. The lowest BCUT2D eigenvalue weighted by molar-refractivity contribution is -0.157. The van der Waals surface area contributed by atoms with Crippen molar-refractivity contribution < 1.29 is 9.59 Å². The number of fused-ring (bicyclic) bond motifs is 3. The largest absolute Gasteiger partial charge is 0.343 e. The minimum Gasteiger partial charge on any atom is -0.343 e. The van der Waals surface area contributed by atoms with Crippen LogP contribution in [0.1, 0.15) is 25.0 Å². The molecule has 2 amide bonds. The van der Waals surface area contributed by atoms with Crippen molar-refractivity contribution in [3.63, 3.8) is 0 Å². The fraction of sp³-hybridized carbons (Fsp3) is 0.310. The monoisotopic (exact) mass is 466 g/mol. The van der Waals surface area contributed by atoms with Crippen molar-refractivity contribution in [1.29, 1.82) is 0 Å². The molecule has 0 aliphatic carbocycles. The van der Waals surface area contributed by atoms with E-state index in [1.807, 2.05) is 0 Å². The molecule has 2 aliphatic heterocycles. The van der Waals surface area contributed by atoms with Crippen molar-refractivity contribution in [3.05, 3.63) is 84.1 Å². The summed E-state index contributed by atoms with van der Waals surface area (Å²) in [7, 11) is 0. The number of aromatic nitrogens is 1. The normalized spacial score (nSPS) is 20.3. The average molecular weight is 467 g/mol. The summed E-state index contributed by atoms with van der Waals surface area (Å²) < 4.78 is 2.32. The van der Waals surface area contributed by atoms with Crippen LogP contribution >= 0.6 is 0 Å². The molecule has 1 unspecified atom stereocenters. The molecule has 178 valence electrons. The molecule has 0 spiro atoms. The van der Waals surface area contributed by atoms with E-state index in [1.165, 1.54) is 32.8 Å². The number of benzene rings is 3. The molecule has 3 heterocycles. The molecule has 2 fully saturated rings. The van der Waals surface area contributed by atoms with Gasteiger partial charge in [0.15, 0.2) is 0 Å². The molecule has 1 N–H and O–H groups in total. The van der Waals surface area contributed by atoms with Gasteiger partial charge in [0.1, 0.15) is 11.6 Å². The zero-order valence-electron chi connectivity index (χ0n) is 20.2. The van der Waals surface area contributed by atoms with E-state index in [4.69, 9.17) is 0 Å². The summed E-state index contributed by atoms with van der Waals surface area (Å²) in [6, 6.07) is 23.2. The van der Waals surface area contributed by atoms with Crippen LogP contribution in [0, 0.1) is 0 Å². The summed E-state index contributed by atoms with van der Waals surface area (Å²) in [5.41, 5.74) is 2.90. The van der Waals surface area contributed by atoms with Gasteiger partial charge in [0.05, 0.1) is 0 Å². The topological polar surface area (TPSA) is 57.6 Å². The number of hydrogen-bond donors (Lipinski definition) is 1. The number of hydrogen-bond acceptors (Lipinski definition) is 3. The third-order valence-electron chi connectivity index (χ3n) is 7.43. The quantitative estimate of drug-likeness (QED) is 0.498. The average Bonchev–Trinajstić information content (AvgIpc) is 3.19. The Bertz CT molecular complexity index is 1450. The number of carbonyl (C=O) groups is 2. The van der Waals surface area contributed by atoms with Crippen LogP contribution in [0.15, 0.2) is 72.9 Å². The second-order valence-corrected chi connectivity index (χ2v) is 10.3. The molecule has 6 heteroatoms. The van der Waals surface area contributed by atoms with E-state index in [1.54, 1.807) is 18.7 Å². The number of nitrogens with one attached hydrogen (secondary N) is 1. The minimum absolute atomic E-state index is 0.00809. The van der Waals surface area contributed by atoms with E-state index in [0.29, 0.717) is 13.1 Å². The molecular weight excluding hydrogens is 436 g/mol. The van der Waals surface area contributed by atoms with E-state index in [0.717, 1.165) is 19.6 Å². The molecule has 6 nitrogen and oxygen atoms in total. The van der Waals surface area contributed by atoms with E-state index in [2.05, 4.69) is 87.7 Å². The summed E-state index contributed by atoms with van der Waals surface area (Å²) in [5.74, 6) is -0.0493. The van der Waals surface area contributed by atoms with Gasteiger partial charge in [-0.25, -0.2) is 0 Å². The zero-order chi connectivity index (χ0) is 24.2. The second kappa shape index (κ2) is 8.24. The molecule has 1 atom stereocenters. The third kappa shape index (κ3) is 3.88. The van der Waals surface area contributed by atoms with Crippen molar-refractivity contribution in [3.8, 4) is 0 Å². The summed E-state index contributed by atoms with van der Waals surface area (Å²) in [6.07, 6.45) is 2.25. The van der Waals surface area contributed by atoms with E-state index < -0.39 is 11.6 Å². The number of carbonyl (C=O) groups excluding carboxylic acids is 2. The lowest BCUT2D eigenvalue weighted by Crippen LogP contribution is -2.72. The van der Waals surface area contributed by atoms with Crippen LogP contribution in [0.3, 0.4) is 0 Å². The van der Waals surface area contributed by atoms with Crippen molar-refractivity contribution in [2.45, 2.75) is 38.5 Å². The fourth-order valence-corrected chi connectivity index (χ4v) is 5.61. The highest BCUT2D eigenvalue weighted by atomic mass is 16.2. The highest BCUT2D eigenvalue weighted by molar-refractivity contribution is 5.99. The van der Waals surface area contributed by atoms with Crippen molar-refractivity contribution >= 4 is 33.5 Å². The Kier molecular flexibility index (Phi) is 5.15. The predicted molar refractivity (Wildman–Crippen MR) is 138 cm³/mol. The highest BCUT2D eigenvalue weighted by Gasteiger charge is 2.47. The zero-order valence-corrected chi connectivity index (χ0v) is 20.2. The van der Waals surface area contributed by atoms with Crippen molar-refractivity contribution in [2.75, 3.05) is 19.6 Å². The van der Waals surface area contributed by atoms with E-state index >= 15 is 0 Å². The molecule has 0 radical (unpaired) electrons. The van der Waals surface area contributed by atoms with Crippen LogP contribution < -0.4 is 5.32 Å². The molecule has 35 heavy (non-hydrogen) atoms. The fourth-order valence-electron chi connectivity index (χ4n) is 5.61. The van der Waals surface area contributed by atoms with Gasteiger partial charge in [-0.2, -0.15) is 0 Å². The van der Waals surface area contributed by atoms with Crippen LogP contribution in [-0.2, 0) is 22.7 Å². The summed E-state index contributed by atoms with van der Waals surface area (Å²) >= 11 is 0. The number of nitrogens with zero attached hydrogens (tertiary/aromatic N) is 3. The molecule has 0 saturated carbocycles. The maximum Gasteiger partial charge on any atom is 0.248 e. The van der Waals surface area contributed by atoms with Crippen LogP contribution in [-0.4, -0.2) is 57.4 Å². The molecule has 0 bridgehead atoms. The Morgan fingerprint density at radius 2 is 1.69 bits per heavy atom. The van der Waals surface area contributed by atoms with Gasteiger partial charge in [-0.15, -0.1) is 0 Å². The van der Waals surface area contributed by atoms with Gasteiger partial charge in [-0.1, -0.05) is 54.6 Å². The van der Waals surface area contributed by atoms with Crippen LogP contribution in [0.2, 0.25) is 0 Å². The maximum absolute atomic E-state index is 12.8. The van der Waals surface area contributed by atoms with Gasteiger partial charge in [0, 0.05) is 49.8 Å². The Morgan fingerprint density at radius 1 is 0.914 bits per heavy atom. The molecule has 4 aromatic rings. The molecule has 3 aromatic carbocycles. The molecular formula is C29H30N4O2. The first-order valence-corrected chi connectivity index (χ1v) is 12.3. The van der Waals surface area contributed by atoms with Crippen LogP contribution in [0.5, 0.6) is 0 Å². The molecule has 2 saturated heterocycles. The summed E-state index contributed by atoms with van der Waals surface area (Å²) in [6.45, 7) is 7.00. The number of amides is 2. The van der Waals surface area contributed by atoms with Gasteiger partial charge in [0.25, 0.3) is 0 Å². The lowest BCUT2D eigenvalue weighted by atomic mass is 9.95. The first-order chi connectivity index (χ1) is 16.9. The first-order valence-electron chi connectivity index (χ1n) is 12.3. The lowest BCUT2D eigenvalue weighted by Gasteiger charge is -2.47. The maximum atomic E-state index is 12.8. The minimum atomic E-state index is -0.827. The number of rotatable bonds is 4. The van der Waals surface area contributed by atoms with Gasteiger partial charge in [-0.05, 0) is 47.9 Å². The number of para-hydroxylation sites is 1. The SMILES string of the molecule is CC1(C)NC(=O)C2CN(Cc3cn(Cc4ccc5ccccc5c4)c4ccccc34)CCN2C1=O. The van der Waals surface area contributed by atoms with Crippen molar-refractivity contribution in [2.24, 2.45) is 0 Å². The molecule has 1 aromatic heterocycles. The Labute approximate surface area is 205 Å². The van der Waals surface area contributed by atoms with Gasteiger partial charge >= 0.3 is 0 Å². The van der Waals surface area contributed by atoms with Crippen LogP contribution in [0.25, 0.3) is 21.7 Å². The smallest absolute Gasteiger partial charge is 0.248 e. The van der Waals surface area contributed by atoms with Gasteiger partial charge < -0.3 is 14.8 Å². The van der Waals surface area contributed by atoms with E-state index in [9.17, 15) is 9.59 Å². The Hall–Kier alpha value is -3.64. The Balaban J connectivity index is 1.25. The second-order valence-electron chi connectivity index (χ2n) is 10.3. The predicted octanol–water partition coefficient (Wildman–Crippen LogP) is 3.76. The van der Waals surface area contributed by atoms with Gasteiger partial charge in [-0.3, -0.25) is 14.5 Å². The molecule has 6 rings (SSSR count). The Morgan fingerprint density at radius 3 is 2.54 bits per heavy atom. The van der Waals surface area contributed by atoms with Gasteiger partial charge in [0.2, 0.25) is 11.8 Å². The molecule has 2 aliphatic rings. The van der Waals surface area contributed by atoms with Crippen LogP contribution in [0.4, 0.5) is 0 Å². The third-order valence-corrected chi connectivity index (χ3v) is 7.43. The standard InChI is InChI=1S/C29H30N4O2/c1-29(2)28(35)33-14-13-31(19-26(33)27(34)30-29)17-23-18-32(25-10-6-5-9-24(23)25)16-20-11-12-21-7-3-4-8-22(21)15-20/h3-12,15,18,26H,13-14,16-17,19H2,1-2H3,(H,30,34). The number of piperazine rings is 2. The summed E-state index contributed by atoms with van der Waals surface area (Å²) in [5, 5.41) is 6.64. The first kappa shape index (κ1) is 21.9. The van der Waals surface area contributed by atoms with Crippen molar-refractivity contribution in [1.82, 2.24) is 19.7 Å². The highest BCUT2D eigenvalue weighted by Crippen LogP contribution is 2.27. The van der Waals surface area contributed by atoms with E-state index in [-0.39, 0.29) is 11.8 Å².